The van der Waals surface area contributed by atoms with Gasteiger partial charge in [0.1, 0.15) is 6.04 Å². The molecule has 1 saturated heterocycles. The molecule has 1 unspecified atom stereocenters. The van der Waals surface area contributed by atoms with Gasteiger partial charge in [0.15, 0.2) is 0 Å². The molecule has 0 spiro atoms. The summed E-state index contributed by atoms with van der Waals surface area (Å²) in [7, 11) is 0. The van der Waals surface area contributed by atoms with E-state index in [0.29, 0.717) is 0 Å². The molecule has 3 N–H and O–H groups in total. The highest BCUT2D eigenvalue weighted by Crippen LogP contribution is 2.31. The molecule has 1 atom stereocenters. The molecule has 1 aromatic carbocycles. The van der Waals surface area contributed by atoms with Gasteiger partial charge in [-0.15, -0.1) is 0 Å². The van der Waals surface area contributed by atoms with Crippen molar-refractivity contribution in [1.82, 2.24) is 10.2 Å². The summed E-state index contributed by atoms with van der Waals surface area (Å²) in [5.74, 6) is -1.85. The molecule has 19 heavy (non-hydrogen) atoms. The molecule has 0 saturated carbocycles. The molecule has 0 radical (unpaired) electrons. The van der Waals surface area contributed by atoms with Crippen molar-refractivity contribution in [2.24, 2.45) is 0 Å². The van der Waals surface area contributed by atoms with Crippen LogP contribution in [0.3, 0.4) is 0 Å². The first kappa shape index (κ1) is 6.23. The Hall–Kier alpha value is -2.30. The summed E-state index contributed by atoms with van der Waals surface area (Å²) in [6, 6.07) is -3.33. The molecule has 1 aromatic rings. The summed E-state index contributed by atoms with van der Waals surface area (Å²) < 4.78 is 55.5. The predicted octanol–water partition coefficient (Wildman–Crippen LogP) is 1.02. The fraction of sp³-hybridized carbons (Fsp3) is 0.286. The number of nitrogens with zero attached hydrogens (tertiary/aromatic N) is 1. The van der Waals surface area contributed by atoms with Gasteiger partial charge in [-0.25, -0.2) is 0 Å². The third kappa shape index (κ3) is 1.78. The minimum Gasteiger partial charge on any atom is -0.398 e. The highest BCUT2D eigenvalue weighted by Gasteiger charge is 2.38. The van der Waals surface area contributed by atoms with Gasteiger partial charge in [-0.05, 0) is 24.8 Å². The first-order chi connectivity index (χ1) is 11.8. The van der Waals surface area contributed by atoms with Crippen molar-refractivity contribution in [2.75, 3.05) is 5.73 Å². The van der Waals surface area contributed by atoms with Crippen LogP contribution in [0.25, 0.3) is 0 Å². The first-order valence-corrected chi connectivity index (χ1v) is 5.53. The largest absolute Gasteiger partial charge is 0.398 e. The average Bonchev–Trinajstić information content (AvgIpc) is 2.87. The third-order valence-electron chi connectivity index (χ3n) is 3.01. The van der Waals surface area contributed by atoms with E-state index in [1.807, 2.05) is 0 Å². The molecule has 0 aromatic heterocycles. The molecular weight excluding hydrogens is 242 g/mol. The Morgan fingerprint density at radius 1 is 1.53 bits per heavy atom. The molecule has 1 fully saturated rings. The Labute approximate surface area is 120 Å². The number of nitrogens with one attached hydrogen (secondary N) is 1. The van der Waals surface area contributed by atoms with E-state index >= 15 is 0 Å². The molecule has 0 aliphatic carbocycles. The SMILES string of the molecule is [2H]c1c([2H])c(N)c2c(c1[2H])C(=O)N(C1C(=O)NC(=C)C([2H])([2H])C1([2H])[2H])C2. The predicted molar refractivity (Wildman–Crippen MR) is 71.0 cm³/mol. The van der Waals surface area contributed by atoms with Gasteiger partial charge in [-0.1, -0.05) is 12.6 Å². The second kappa shape index (κ2) is 4.12. The van der Waals surface area contributed by atoms with Gasteiger partial charge in [-0.3, -0.25) is 9.59 Å². The number of hydrogen-bond acceptors (Lipinski definition) is 3. The van der Waals surface area contributed by atoms with Crippen LogP contribution in [0.1, 0.15) is 38.3 Å². The lowest BCUT2D eigenvalue weighted by Crippen LogP contribution is -2.49. The quantitative estimate of drug-likeness (QED) is 0.743. The van der Waals surface area contributed by atoms with Crippen LogP contribution in [0.5, 0.6) is 0 Å². The molecule has 2 aliphatic rings. The second-order valence-corrected chi connectivity index (χ2v) is 4.21. The van der Waals surface area contributed by atoms with Gasteiger partial charge >= 0.3 is 0 Å². The maximum atomic E-state index is 12.8. The Bertz CT molecular complexity index is 884. The van der Waals surface area contributed by atoms with E-state index < -0.39 is 54.4 Å². The average molecular weight is 264 g/mol. The van der Waals surface area contributed by atoms with Gasteiger partial charge in [0, 0.05) is 34.5 Å². The van der Waals surface area contributed by atoms with Crippen LogP contribution in [0.4, 0.5) is 5.69 Å². The number of anilines is 1. The molecule has 2 aliphatic heterocycles. The minimum absolute atomic E-state index is 0.0644. The summed E-state index contributed by atoms with van der Waals surface area (Å²) in [5.41, 5.74) is 4.94. The van der Waals surface area contributed by atoms with Gasteiger partial charge in [0.05, 0.1) is 4.11 Å². The van der Waals surface area contributed by atoms with E-state index in [2.05, 4.69) is 11.9 Å². The lowest BCUT2D eigenvalue weighted by Gasteiger charge is -2.30. The lowest BCUT2D eigenvalue weighted by molar-refractivity contribution is -0.126. The zero-order chi connectivity index (χ0) is 19.8. The Morgan fingerprint density at radius 3 is 3.11 bits per heavy atom. The number of carbonyl (C=O) groups excluding carboxylic acids is 2. The van der Waals surface area contributed by atoms with Gasteiger partial charge in [0.25, 0.3) is 5.91 Å². The van der Waals surface area contributed by atoms with Crippen LogP contribution in [0.15, 0.2) is 30.4 Å². The number of carbonyl (C=O) groups is 2. The van der Waals surface area contributed by atoms with Crippen molar-refractivity contribution in [3.8, 4) is 0 Å². The molecule has 5 heteroatoms. The second-order valence-electron chi connectivity index (χ2n) is 4.21. The monoisotopic (exact) mass is 264 g/mol. The fourth-order valence-electron chi connectivity index (χ4n) is 2.08. The smallest absolute Gasteiger partial charge is 0.255 e. The Kier molecular flexibility index (Phi) is 1.35. The summed E-state index contributed by atoms with van der Waals surface area (Å²) in [5, 5.41) is 2.16. The molecule has 0 bridgehead atoms. The van der Waals surface area contributed by atoms with Crippen LogP contribution in [-0.2, 0) is 11.3 Å². The standard InChI is InChI=1S/C14H15N3O2/c1-8-5-6-12(13(18)16-8)17-7-10-9(14(17)19)3-2-4-11(10)15/h2-4,12H,1,5-7,15H2,(H,16,18)/i2D,3D,4D,5D2,6D2. The van der Waals surface area contributed by atoms with E-state index in [1.54, 1.807) is 0 Å². The molecule has 2 heterocycles. The number of fused-ring (bicyclic) bond motifs is 1. The van der Waals surface area contributed by atoms with Crippen molar-refractivity contribution in [3.05, 3.63) is 41.5 Å². The van der Waals surface area contributed by atoms with Gasteiger partial charge in [0.2, 0.25) is 5.91 Å². The maximum Gasteiger partial charge on any atom is 0.255 e. The summed E-state index contributed by atoms with van der Waals surface area (Å²) in [6.45, 7) is 2.97. The van der Waals surface area contributed by atoms with Crippen molar-refractivity contribution in [1.29, 1.82) is 0 Å². The number of rotatable bonds is 1. The fourth-order valence-corrected chi connectivity index (χ4v) is 2.08. The normalized spacial score (nSPS) is 33.1. The van der Waals surface area contributed by atoms with E-state index in [-0.39, 0.29) is 23.4 Å². The maximum absolute atomic E-state index is 12.8. The van der Waals surface area contributed by atoms with Crippen molar-refractivity contribution >= 4 is 17.5 Å². The number of benzene rings is 1. The number of hydrogen-bond donors (Lipinski definition) is 2. The number of allylic oxidation sites excluding steroid dienone is 1. The van der Waals surface area contributed by atoms with Crippen LogP contribution in [0.2, 0.25) is 0 Å². The van der Waals surface area contributed by atoms with Crippen LogP contribution < -0.4 is 11.1 Å². The zero-order valence-corrected chi connectivity index (χ0v) is 9.83. The summed E-state index contributed by atoms with van der Waals surface area (Å²) >= 11 is 0. The number of piperidine rings is 1. The van der Waals surface area contributed by atoms with Crippen molar-refractivity contribution in [2.45, 2.75) is 25.3 Å². The minimum atomic E-state index is -2.80. The highest BCUT2D eigenvalue weighted by atomic mass is 16.2. The van der Waals surface area contributed by atoms with Crippen LogP contribution in [0, 0.1) is 0 Å². The van der Waals surface area contributed by atoms with E-state index in [4.69, 9.17) is 15.3 Å². The molecule has 98 valence electrons. The van der Waals surface area contributed by atoms with Crippen molar-refractivity contribution in [3.63, 3.8) is 0 Å². The number of nitrogen functional groups attached to an aromatic ring is 1. The zero-order valence-electron chi connectivity index (χ0n) is 16.8. The van der Waals surface area contributed by atoms with E-state index in [1.165, 1.54) is 0 Å². The van der Waals surface area contributed by atoms with E-state index in [0.717, 1.165) is 4.90 Å². The van der Waals surface area contributed by atoms with Crippen LogP contribution >= 0.6 is 0 Å². The van der Waals surface area contributed by atoms with Gasteiger partial charge < -0.3 is 16.0 Å². The van der Waals surface area contributed by atoms with Crippen LogP contribution in [-0.4, -0.2) is 22.8 Å². The molecule has 5 nitrogen and oxygen atoms in total. The van der Waals surface area contributed by atoms with E-state index in [9.17, 15) is 9.59 Å². The number of amides is 2. The summed E-state index contributed by atoms with van der Waals surface area (Å²) in [6.07, 6.45) is -5.44. The Balaban J connectivity index is 2.14. The highest BCUT2D eigenvalue weighted by molar-refractivity contribution is 6.02. The topological polar surface area (TPSA) is 75.4 Å². The molecule has 3 rings (SSSR count). The molecular formula is C14H15N3O2. The Morgan fingerprint density at radius 2 is 2.32 bits per heavy atom. The first-order valence-electron chi connectivity index (χ1n) is 9.03. The molecule has 2 amide bonds. The van der Waals surface area contributed by atoms with Crippen molar-refractivity contribution < 1.29 is 19.2 Å². The number of nitrogens with two attached hydrogens (primary N) is 1. The van der Waals surface area contributed by atoms with Gasteiger partial charge in [-0.2, -0.15) is 0 Å². The summed E-state index contributed by atoms with van der Waals surface area (Å²) in [4.78, 5) is 25.9. The lowest BCUT2D eigenvalue weighted by atomic mass is 10.0. The third-order valence-corrected chi connectivity index (χ3v) is 3.01.